The van der Waals surface area contributed by atoms with Crippen LogP contribution < -0.4 is 5.32 Å². The number of hydrogen-bond donors (Lipinski definition) is 1. The maximum absolute atomic E-state index is 12.7. The summed E-state index contributed by atoms with van der Waals surface area (Å²) in [6.07, 6.45) is 3.57. The highest BCUT2D eigenvalue weighted by Crippen LogP contribution is 2.30. The normalized spacial score (nSPS) is 14.3. The van der Waals surface area contributed by atoms with E-state index in [1.54, 1.807) is 0 Å². The molecule has 0 bridgehead atoms. The van der Waals surface area contributed by atoms with Crippen LogP contribution in [0.3, 0.4) is 0 Å². The molecular weight excluding hydrogens is 236 g/mol. The van der Waals surface area contributed by atoms with Crippen LogP contribution in [0.15, 0.2) is 18.2 Å². The van der Waals surface area contributed by atoms with Gasteiger partial charge in [-0.25, -0.2) is 0 Å². The second kappa shape index (κ2) is 6.09. The Bertz CT molecular complexity index is 452. The molecule has 0 saturated heterocycles. The molecule has 1 N–H and O–H groups in total. The van der Waals surface area contributed by atoms with Crippen molar-refractivity contribution >= 4 is 11.6 Å². The Kier molecular flexibility index (Phi) is 4.46. The summed E-state index contributed by atoms with van der Waals surface area (Å²) < 4.78 is 0. The van der Waals surface area contributed by atoms with Crippen LogP contribution in [0.1, 0.15) is 42.1 Å². The minimum Gasteiger partial charge on any atom is -0.387 e. The third-order valence-electron chi connectivity index (χ3n) is 3.63. The zero-order valence-electron chi connectivity index (χ0n) is 12.2. The van der Waals surface area contributed by atoms with E-state index >= 15 is 0 Å². The highest BCUT2D eigenvalue weighted by molar-refractivity contribution is 5.99. The van der Waals surface area contributed by atoms with Gasteiger partial charge in [-0.1, -0.05) is 13.0 Å². The molecular formula is C16H24N2O. The molecule has 0 heterocycles. The number of nitrogens with one attached hydrogen (secondary N) is 1. The summed E-state index contributed by atoms with van der Waals surface area (Å²) in [6, 6.07) is 5.99. The molecule has 1 saturated carbocycles. The Labute approximate surface area is 116 Å². The highest BCUT2D eigenvalue weighted by Gasteiger charge is 2.27. The van der Waals surface area contributed by atoms with Gasteiger partial charge >= 0.3 is 0 Å². The van der Waals surface area contributed by atoms with Crippen LogP contribution in [0, 0.1) is 12.8 Å². The fourth-order valence-corrected chi connectivity index (χ4v) is 2.38. The number of aryl methyl sites for hydroxylation is 1. The average Bonchev–Trinajstić information content (AvgIpc) is 3.21. The SMILES string of the molecule is CCCN(CC1CC1)C(=O)c1ccc(C)cc1NC. The predicted octanol–water partition coefficient (Wildman–Crippen LogP) is 3.30. The van der Waals surface area contributed by atoms with Gasteiger partial charge in [-0.2, -0.15) is 0 Å². The van der Waals surface area contributed by atoms with E-state index in [1.165, 1.54) is 18.4 Å². The molecule has 0 aromatic heterocycles. The third-order valence-corrected chi connectivity index (χ3v) is 3.63. The zero-order chi connectivity index (χ0) is 13.8. The summed E-state index contributed by atoms with van der Waals surface area (Å²) in [6.45, 7) is 5.94. The quantitative estimate of drug-likeness (QED) is 0.851. The van der Waals surface area contributed by atoms with Crippen LogP contribution in [0.25, 0.3) is 0 Å². The Morgan fingerprint density at radius 1 is 1.42 bits per heavy atom. The topological polar surface area (TPSA) is 32.3 Å². The van der Waals surface area contributed by atoms with Crippen molar-refractivity contribution < 1.29 is 4.79 Å². The molecule has 3 heteroatoms. The molecule has 19 heavy (non-hydrogen) atoms. The molecule has 1 aromatic rings. The van der Waals surface area contributed by atoms with Crippen molar-refractivity contribution in [1.29, 1.82) is 0 Å². The lowest BCUT2D eigenvalue weighted by atomic mass is 10.1. The zero-order valence-corrected chi connectivity index (χ0v) is 12.2. The first-order valence-corrected chi connectivity index (χ1v) is 7.23. The summed E-state index contributed by atoms with van der Waals surface area (Å²) in [7, 11) is 1.87. The predicted molar refractivity (Wildman–Crippen MR) is 79.6 cm³/mol. The smallest absolute Gasteiger partial charge is 0.255 e. The molecule has 0 unspecified atom stereocenters. The van der Waals surface area contributed by atoms with Gasteiger partial charge in [-0.15, -0.1) is 0 Å². The molecule has 1 amide bonds. The number of carbonyl (C=O) groups is 1. The van der Waals surface area contributed by atoms with E-state index in [2.05, 4.69) is 12.2 Å². The molecule has 0 atom stereocenters. The van der Waals surface area contributed by atoms with Crippen molar-refractivity contribution in [2.45, 2.75) is 33.1 Å². The van der Waals surface area contributed by atoms with Gasteiger partial charge in [0.2, 0.25) is 0 Å². The molecule has 0 spiro atoms. The molecule has 1 aromatic carbocycles. The fraction of sp³-hybridized carbons (Fsp3) is 0.562. The number of hydrogen-bond acceptors (Lipinski definition) is 2. The van der Waals surface area contributed by atoms with Crippen LogP contribution in [0.5, 0.6) is 0 Å². The van der Waals surface area contributed by atoms with Gasteiger partial charge in [0.05, 0.1) is 5.56 Å². The van der Waals surface area contributed by atoms with Crippen molar-refractivity contribution in [1.82, 2.24) is 4.90 Å². The summed E-state index contributed by atoms with van der Waals surface area (Å²) >= 11 is 0. The second-order valence-corrected chi connectivity index (χ2v) is 5.49. The Morgan fingerprint density at radius 2 is 2.16 bits per heavy atom. The van der Waals surface area contributed by atoms with Gasteiger partial charge in [-0.3, -0.25) is 4.79 Å². The molecule has 1 aliphatic rings. The monoisotopic (exact) mass is 260 g/mol. The van der Waals surface area contributed by atoms with Crippen molar-refractivity contribution in [3.8, 4) is 0 Å². The standard InChI is InChI=1S/C16H24N2O/c1-4-9-18(11-13-6-7-13)16(19)14-8-5-12(2)10-15(14)17-3/h5,8,10,13,17H,4,6-7,9,11H2,1-3H3. The van der Waals surface area contributed by atoms with Crippen molar-refractivity contribution in [2.75, 3.05) is 25.5 Å². The molecule has 1 fully saturated rings. The Morgan fingerprint density at radius 3 is 2.74 bits per heavy atom. The summed E-state index contributed by atoms with van der Waals surface area (Å²) in [5.74, 6) is 0.900. The minimum absolute atomic E-state index is 0.165. The van der Waals surface area contributed by atoms with E-state index < -0.39 is 0 Å². The van der Waals surface area contributed by atoms with Gasteiger partial charge < -0.3 is 10.2 Å². The first-order valence-electron chi connectivity index (χ1n) is 7.23. The average molecular weight is 260 g/mol. The molecule has 0 aliphatic heterocycles. The van der Waals surface area contributed by atoms with E-state index in [1.807, 2.05) is 37.1 Å². The van der Waals surface area contributed by atoms with Crippen LogP contribution in [-0.4, -0.2) is 30.9 Å². The number of carbonyl (C=O) groups excluding carboxylic acids is 1. The number of rotatable bonds is 6. The van der Waals surface area contributed by atoms with Crippen molar-refractivity contribution in [3.63, 3.8) is 0 Å². The van der Waals surface area contributed by atoms with E-state index in [0.29, 0.717) is 0 Å². The van der Waals surface area contributed by atoms with Gasteiger partial charge in [0.15, 0.2) is 0 Å². The van der Waals surface area contributed by atoms with E-state index in [0.717, 1.165) is 36.7 Å². The first kappa shape index (κ1) is 13.9. The van der Waals surface area contributed by atoms with E-state index in [9.17, 15) is 4.79 Å². The number of amides is 1. The van der Waals surface area contributed by atoms with E-state index in [4.69, 9.17) is 0 Å². The minimum atomic E-state index is 0.165. The van der Waals surface area contributed by atoms with Gasteiger partial charge in [0, 0.05) is 25.8 Å². The highest BCUT2D eigenvalue weighted by atomic mass is 16.2. The molecule has 3 nitrogen and oxygen atoms in total. The number of benzene rings is 1. The first-order chi connectivity index (χ1) is 9.15. The fourth-order valence-electron chi connectivity index (χ4n) is 2.38. The molecule has 2 rings (SSSR count). The van der Waals surface area contributed by atoms with Crippen molar-refractivity contribution in [3.05, 3.63) is 29.3 Å². The maximum Gasteiger partial charge on any atom is 0.255 e. The van der Waals surface area contributed by atoms with Crippen LogP contribution in [0.4, 0.5) is 5.69 Å². The third kappa shape index (κ3) is 3.49. The van der Waals surface area contributed by atoms with E-state index in [-0.39, 0.29) is 5.91 Å². The lowest BCUT2D eigenvalue weighted by molar-refractivity contribution is 0.0748. The largest absolute Gasteiger partial charge is 0.387 e. The summed E-state index contributed by atoms with van der Waals surface area (Å²) in [5.41, 5.74) is 2.90. The Hall–Kier alpha value is -1.51. The van der Waals surface area contributed by atoms with Gasteiger partial charge in [0.1, 0.15) is 0 Å². The number of nitrogens with zero attached hydrogens (tertiary/aromatic N) is 1. The summed E-state index contributed by atoms with van der Waals surface area (Å²) in [5, 5.41) is 3.14. The van der Waals surface area contributed by atoms with Crippen LogP contribution in [-0.2, 0) is 0 Å². The maximum atomic E-state index is 12.7. The van der Waals surface area contributed by atoms with Gasteiger partial charge in [-0.05, 0) is 49.8 Å². The van der Waals surface area contributed by atoms with Crippen LogP contribution >= 0.6 is 0 Å². The second-order valence-electron chi connectivity index (χ2n) is 5.49. The Balaban J connectivity index is 2.19. The summed E-state index contributed by atoms with van der Waals surface area (Å²) in [4.78, 5) is 14.7. The van der Waals surface area contributed by atoms with Crippen molar-refractivity contribution in [2.24, 2.45) is 5.92 Å². The molecule has 0 radical (unpaired) electrons. The lowest BCUT2D eigenvalue weighted by Gasteiger charge is -2.23. The van der Waals surface area contributed by atoms with Gasteiger partial charge in [0.25, 0.3) is 5.91 Å². The van der Waals surface area contributed by atoms with Crippen LogP contribution in [0.2, 0.25) is 0 Å². The molecule has 1 aliphatic carbocycles. The lowest BCUT2D eigenvalue weighted by Crippen LogP contribution is -2.34. The molecule has 104 valence electrons. The number of anilines is 1.